The Balaban J connectivity index is 2.02. The highest BCUT2D eigenvalue weighted by Gasteiger charge is 2.21. The van der Waals surface area contributed by atoms with Gasteiger partial charge in [0.25, 0.3) is 5.91 Å². The zero-order valence-electron chi connectivity index (χ0n) is 13.9. The lowest BCUT2D eigenvalue weighted by molar-refractivity contribution is -0.122. The van der Waals surface area contributed by atoms with Crippen LogP contribution in [0, 0.1) is 5.92 Å². The molecular weight excluding hydrogens is 308 g/mol. The van der Waals surface area contributed by atoms with Crippen molar-refractivity contribution in [3.63, 3.8) is 0 Å². The average Bonchev–Trinajstić information content (AvgIpc) is 2.92. The topological polar surface area (TPSA) is 43.6 Å². The zero-order chi connectivity index (χ0) is 16.2. The number of methoxy groups -OCH3 is 1. The van der Waals surface area contributed by atoms with Gasteiger partial charge in [-0.15, -0.1) is 0 Å². The van der Waals surface area contributed by atoms with E-state index in [1.54, 1.807) is 18.4 Å². The number of aromatic nitrogens is 1. The summed E-state index contributed by atoms with van der Waals surface area (Å²) in [6, 6.07) is 6.05. The maximum Gasteiger partial charge on any atom is 0.251 e. The zero-order valence-corrected chi connectivity index (χ0v) is 14.7. The Morgan fingerprint density at radius 3 is 2.83 bits per heavy atom. The second-order valence-electron chi connectivity index (χ2n) is 6.15. The Bertz CT molecular complexity index is 754. The molecule has 1 saturated carbocycles. The Labute approximate surface area is 140 Å². The molecule has 1 amide bonds. The largest absolute Gasteiger partial charge is 0.497 e. The van der Waals surface area contributed by atoms with Crippen LogP contribution in [-0.4, -0.2) is 17.6 Å². The Kier molecular flexibility index (Phi) is 5.16. The van der Waals surface area contributed by atoms with Gasteiger partial charge in [-0.1, -0.05) is 37.5 Å². The fourth-order valence-corrected chi connectivity index (χ4v) is 4.33. The van der Waals surface area contributed by atoms with Crippen molar-refractivity contribution in [2.45, 2.75) is 52.0 Å². The summed E-state index contributed by atoms with van der Waals surface area (Å²) >= 11 is 1.58. The predicted molar refractivity (Wildman–Crippen MR) is 93.8 cm³/mol. The molecule has 0 aliphatic heterocycles. The van der Waals surface area contributed by atoms with Gasteiger partial charge in [-0.25, -0.2) is 0 Å². The predicted octanol–water partition coefficient (Wildman–Crippen LogP) is 4.13. The minimum absolute atomic E-state index is 0.0630. The van der Waals surface area contributed by atoms with Crippen molar-refractivity contribution in [3.8, 4) is 5.75 Å². The van der Waals surface area contributed by atoms with Gasteiger partial charge in [0.1, 0.15) is 5.75 Å². The molecule has 1 aromatic heterocycles. The molecule has 124 valence electrons. The van der Waals surface area contributed by atoms with E-state index in [-0.39, 0.29) is 11.8 Å². The first-order valence-electron chi connectivity index (χ1n) is 8.49. The summed E-state index contributed by atoms with van der Waals surface area (Å²) in [4.78, 5) is 17.8. The Morgan fingerprint density at radius 1 is 1.35 bits per heavy atom. The lowest BCUT2D eigenvalue weighted by Crippen LogP contribution is -2.21. The number of rotatable bonds is 4. The number of benzene rings is 1. The van der Waals surface area contributed by atoms with E-state index >= 15 is 0 Å². The number of amides is 1. The first-order valence-corrected chi connectivity index (χ1v) is 9.30. The number of carbonyl (C=O) groups excluding carboxylic acids is 1. The van der Waals surface area contributed by atoms with Crippen molar-refractivity contribution < 1.29 is 9.53 Å². The van der Waals surface area contributed by atoms with E-state index < -0.39 is 0 Å². The van der Waals surface area contributed by atoms with Gasteiger partial charge < -0.3 is 9.30 Å². The molecule has 0 atom stereocenters. The Hall–Kier alpha value is -1.62. The van der Waals surface area contributed by atoms with Crippen molar-refractivity contribution >= 4 is 27.5 Å². The van der Waals surface area contributed by atoms with Crippen LogP contribution in [0.15, 0.2) is 23.2 Å². The van der Waals surface area contributed by atoms with Gasteiger partial charge in [0, 0.05) is 12.5 Å². The molecule has 1 aliphatic rings. The molecule has 3 rings (SSSR count). The number of aryl methyl sites for hydroxylation is 1. The second kappa shape index (κ2) is 7.30. The van der Waals surface area contributed by atoms with Gasteiger partial charge in [0.15, 0.2) is 4.80 Å². The molecule has 1 aromatic carbocycles. The lowest BCUT2D eigenvalue weighted by Gasteiger charge is -2.17. The summed E-state index contributed by atoms with van der Waals surface area (Å²) in [5.41, 5.74) is 1.13. The van der Waals surface area contributed by atoms with E-state index in [0.29, 0.717) is 0 Å². The average molecular weight is 332 g/mol. The summed E-state index contributed by atoms with van der Waals surface area (Å²) in [5.74, 6) is 1.03. The Morgan fingerprint density at radius 2 is 2.13 bits per heavy atom. The molecule has 23 heavy (non-hydrogen) atoms. The second-order valence-corrected chi connectivity index (χ2v) is 7.16. The number of hydrogen-bond acceptors (Lipinski definition) is 3. The fourth-order valence-electron chi connectivity index (χ4n) is 3.24. The van der Waals surface area contributed by atoms with E-state index in [4.69, 9.17) is 4.74 Å². The number of thiazole rings is 1. The third-order valence-electron chi connectivity index (χ3n) is 4.50. The monoisotopic (exact) mass is 332 g/mol. The highest BCUT2D eigenvalue weighted by atomic mass is 32.1. The molecule has 0 spiro atoms. The number of fused-ring (bicyclic) bond motifs is 1. The molecule has 5 heteroatoms. The number of carbonyl (C=O) groups is 1. The first-order chi connectivity index (χ1) is 11.2. The van der Waals surface area contributed by atoms with Crippen molar-refractivity contribution in [1.82, 2.24) is 4.57 Å². The summed E-state index contributed by atoms with van der Waals surface area (Å²) in [7, 11) is 1.67. The van der Waals surface area contributed by atoms with Crippen LogP contribution in [0.3, 0.4) is 0 Å². The van der Waals surface area contributed by atoms with Crippen LogP contribution >= 0.6 is 11.3 Å². The van der Waals surface area contributed by atoms with E-state index in [2.05, 4.69) is 22.5 Å². The SMILES string of the molecule is CCCn1c(=NC(=O)C2CCCCC2)sc2cc(OC)ccc21. The highest BCUT2D eigenvalue weighted by molar-refractivity contribution is 7.16. The van der Waals surface area contributed by atoms with E-state index in [0.717, 1.165) is 59.4 Å². The van der Waals surface area contributed by atoms with Gasteiger partial charge in [-0.3, -0.25) is 4.79 Å². The first kappa shape index (κ1) is 16.2. The molecule has 0 radical (unpaired) electrons. The van der Waals surface area contributed by atoms with Crippen molar-refractivity contribution in [2.24, 2.45) is 10.9 Å². The standard InChI is InChI=1S/C18H24N2O2S/c1-3-11-20-15-10-9-14(22-2)12-16(15)23-18(20)19-17(21)13-7-5-4-6-8-13/h9-10,12-13H,3-8,11H2,1-2H3. The summed E-state index contributed by atoms with van der Waals surface area (Å²) in [5, 5.41) is 0. The van der Waals surface area contributed by atoms with Crippen LogP contribution in [0.25, 0.3) is 10.2 Å². The highest BCUT2D eigenvalue weighted by Crippen LogP contribution is 2.26. The lowest BCUT2D eigenvalue weighted by atomic mass is 9.89. The fraction of sp³-hybridized carbons (Fsp3) is 0.556. The molecule has 2 aromatic rings. The quantitative estimate of drug-likeness (QED) is 0.845. The van der Waals surface area contributed by atoms with Gasteiger partial charge in [-0.05, 0) is 37.5 Å². The van der Waals surface area contributed by atoms with E-state index in [9.17, 15) is 4.79 Å². The molecule has 1 heterocycles. The molecule has 1 fully saturated rings. The summed E-state index contributed by atoms with van der Waals surface area (Å²) < 4.78 is 8.59. The maximum absolute atomic E-state index is 12.5. The molecular formula is C18H24N2O2S. The normalized spacial score (nSPS) is 16.9. The van der Waals surface area contributed by atoms with Crippen LogP contribution in [0.5, 0.6) is 5.75 Å². The summed E-state index contributed by atoms with van der Waals surface area (Å²) in [6.45, 7) is 3.02. The molecule has 0 saturated heterocycles. The smallest absolute Gasteiger partial charge is 0.251 e. The minimum atomic E-state index is 0.0630. The number of nitrogens with zero attached hydrogens (tertiary/aromatic N) is 2. The number of hydrogen-bond donors (Lipinski definition) is 0. The minimum Gasteiger partial charge on any atom is -0.497 e. The van der Waals surface area contributed by atoms with E-state index in [1.807, 2.05) is 12.1 Å². The van der Waals surface area contributed by atoms with Gasteiger partial charge >= 0.3 is 0 Å². The third kappa shape index (κ3) is 3.50. The van der Waals surface area contributed by atoms with Gasteiger partial charge in [0.05, 0.1) is 17.3 Å². The van der Waals surface area contributed by atoms with Crippen LogP contribution in [0.2, 0.25) is 0 Å². The van der Waals surface area contributed by atoms with Crippen molar-refractivity contribution in [1.29, 1.82) is 0 Å². The molecule has 1 aliphatic carbocycles. The van der Waals surface area contributed by atoms with Gasteiger partial charge in [0.2, 0.25) is 0 Å². The molecule has 4 nitrogen and oxygen atoms in total. The van der Waals surface area contributed by atoms with Crippen molar-refractivity contribution in [3.05, 3.63) is 23.0 Å². The van der Waals surface area contributed by atoms with Crippen LogP contribution < -0.4 is 9.54 Å². The van der Waals surface area contributed by atoms with Crippen LogP contribution in [0.4, 0.5) is 0 Å². The van der Waals surface area contributed by atoms with Crippen LogP contribution in [-0.2, 0) is 11.3 Å². The molecule has 0 N–H and O–H groups in total. The number of ether oxygens (including phenoxy) is 1. The summed E-state index contributed by atoms with van der Waals surface area (Å²) in [6.07, 6.45) is 6.57. The van der Waals surface area contributed by atoms with Crippen LogP contribution in [0.1, 0.15) is 45.4 Å². The third-order valence-corrected chi connectivity index (χ3v) is 5.54. The molecule has 0 bridgehead atoms. The maximum atomic E-state index is 12.5. The van der Waals surface area contributed by atoms with Gasteiger partial charge in [-0.2, -0.15) is 4.99 Å². The molecule has 0 unspecified atom stereocenters. The van der Waals surface area contributed by atoms with E-state index in [1.165, 1.54) is 6.42 Å². The van der Waals surface area contributed by atoms with Crippen molar-refractivity contribution in [2.75, 3.05) is 7.11 Å².